The molecule has 0 atom stereocenters. The molecule has 1 amide bonds. The van der Waals surface area contributed by atoms with Crippen molar-refractivity contribution in [2.24, 2.45) is 0 Å². The highest BCUT2D eigenvalue weighted by molar-refractivity contribution is 5.94. The van der Waals surface area contributed by atoms with Gasteiger partial charge in [0, 0.05) is 12.7 Å². The average molecular weight is 276 g/mol. The van der Waals surface area contributed by atoms with Crippen LogP contribution in [0.4, 0.5) is 5.69 Å². The van der Waals surface area contributed by atoms with Gasteiger partial charge in [-0.1, -0.05) is 17.7 Å². The van der Waals surface area contributed by atoms with Gasteiger partial charge in [0.15, 0.2) is 0 Å². The standard InChI is InChI=1S/C16H24N2O2/c1-12-4-5-15(13(2)10-12)18(3)16(19)11-20-14-6-8-17-9-7-14/h4-5,10,14,17H,6-9,11H2,1-3H3. The number of hydrogen-bond donors (Lipinski definition) is 1. The molecule has 1 aromatic carbocycles. The van der Waals surface area contributed by atoms with Crippen LogP contribution >= 0.6 is 0 Å². The van der Waals surface area contributed by atoms with Gasteiger partial charge in [-0.05, 0) is 51.4 Å². The van der Waals surface area contributed by atoms with Gasteiger partial charge in [0.1, 0.15) is 6.61 Å². The molecule has 1 fully saturated rings. The number of piperidine rings is 1. The van der Waals surface area contributed by atoms with E-state index in [1.807, 2.05) is 26.1 Å². The smallest absolute Gasteiger partial charge is 0.252 e. The second-order valence-electron chi connectivity index (χ2n) is 5.50. The van der Waals surface area contributed by atoms with Gasteiger partial charge in [-0.2, -0.15) is 0 Å². The molecule has 4 nitrogen and oxygen atoms in total. The molecule has 0 bridgehead atoms. The van der Waals surface area contributed by atoms with E-state index in [0.29, 0.717) is 0 Å². The van der Waals surface area contributed by atoms with Gasteiger partial charge < -0.3 is 15.0 Å². The predicted molar refractivity (Wildman–Crippen MR) is 81.2 cm³/mol. The summed E-state index contributed by atoms with van der Waals surface area (Å²) in [6, 6.07) is 6.11. The third-order valence-electron chi connectivity index (χ3n) is 3.82. The zero-order valence-electron chi connectivity index (χ0n) is 12.6. The molecular formula is C16H24N2O2. The van der Waals surface area contributed by atoms with Crippen molar-refractivity contribution in [3.63, 3.8) is 0 Å². The normalized spacial score (nSPS) is 16.1. The van der Waals surface area contributed by atoms with Crippen LogP contribution in [0, 0.1) is 13.8 Å². The van der Waals surface area contributed by atoms with Gasteiger partial charge in [-0.25, -0.2) is 0 Å². The first-order valence-electron chi connectivity index (χ1n) is 7.24. The number of anilines is 1. The lowest BCUT2D eigenvalue weighted by atomic mass is 10.1. The molecule has 0 aromatic heterocycles. The third-order valence-corrected chi connectivity index (χ3v) is 3.82. The van der Waals surface area contributed by atoms with Gasteiger partial charge in [-0.15, -0.1) is 0 Å². The molecule has 1 heterocycles. The second-order valence-corrected chi connectivity index (χ2v) is 5.50. The summed E-state index contributed by atoms with van der Waals surface area (Å²) < 4.78 is 5.72. The lowest BCUT2D eigenvalue weighted by molar-refractivity contribution is -0.125. The van der Waals surface area contributed by atoms with E-state index in [9.17, 15) is 4.79 Å². The number of carbonyl (C=O) groups is 1. The number of benzene rings is 1. The van der Waals surface area contributed by atoms with Crippen LogP contribution in [-0.4, -0.2) is 38.8 Å². The number of ether oxygens (including phenoxy) is 1. The lowest BCUT2D eigenvalue weighted by Crippen LogP contribution is -2.36. The summed E-state index contributed by atoms with van der Waals surface area (Å²) in [5.41, 5.74) is 3.27. The Balaban J connectivity index is 1.90. The first kappa shape index (κ1) is 15.0. The number of aryl methyl sites for hydroxylation is 2. The Labute approximate surface area is 121 Å². The van der Waals surface area contributed by atoms with Gasteiger partial charge in [0.25, 0.3) is 5.91 Å². The number of nitrogens with one attached hydrogen (secondary N) is 1. The van der Waals surface area contributed by atoms with E-state index in [4.69, 9.17) is 4.74 Å². The number of likely N-dealkylation sites (N-methyl/N-ethyl adjacent to an activating group) is 1. The van der Waals surface area contributed by atoms with Gasteiger partial charge in [0.05, 0.1) is 6.10 Å². The van der Waals surface area contributed by atoms with Crippen molar-refractivity contribution >= 4 is 11.6 Å². The molecule has 20 heavy (non-hydrogen) atoms. The van der Waals surface area contributed by atoms with Crippen molar-refractivity contribution < 1.29 is 9.53 Å². The predicted octanol–water partition coefficient (Wildman–Crippen LogP) is 2.03. The van der Waals surface area contributed by atoms with Crippen LogP contribution in [0.1, 0.15) is 24.0 Å². The first-order chi connectivity index (χ1) is 9.58. The quantitative estimate of drug-likeness (QED) is 0.915. The molecule has 2 rings (SSSR count). The van der Waals surface area contributed by atoms with E-state index in [-0.39, 0.29) is 18.6 Å². The van der Waals surface area contributed by atoms with Crippen LogP contribution in [-0.2, 0) is 9.53 Å². The highest BCUT2D eigenvalue weighted by Gasteiger charge is 2.18. The van der Waals surface area contributed by atoms with E-state index < -0.39 is 0 Å². The summed E-state index contributed by atoms with van der Waals surface area (Å²) in [7, 11) is 1.81. The van der Waals surface area contributed by atoms with Crippen LogP contribution in [0.2, 0.25) is 0 Å². The van der Waals surface area contributed by atoms with E-state index in [2.05, 4.69) is 18.3 Å². The Morgan fingerprint density at radius 3 is 2.70 bits per heavy atom. The summed E-state index contributed by atoms with van der Waals surface area (Å²) >= 11 is 0. The number of nitrogens with zero attached hydrogens (tertiary/aromatic N) is 1. The molecule has 1 N–H and O–H groups in total. The number of carbonyl (C=O) groups excluding carboxylic acids is 1. The van der Waals surface area contributed by atoms with Crippen molar-refractivity contribution in [3.05, 3.63) is 29.3 Å². The lowest BCUT2D eigenvalue weighted by Gasteiger charge is -2.25. The fraction of sp³-hybridized carbons (Fsp3) is 0.562. The van der Waals surface area contributed by atoms with E-state index >= 15 is 0 Å². The van der Waals surface area contributed by atoms with Crippen molar-refractivity contribution in [3.8, 4) is 0 Å². The molecular weight excluding hydrogens is 252 g/mol. The van der Waals surface area contributed by atoms with E-state index in [0.717, 1.165) is 37.2 Å². The minimum Gasteiger partial charge on any atom is -0.368 e. The molecule has 4 heteroatoms. The zero-order chi connectivity index (χ0) is 14.5. The summed E-state index contributed by atoms with van der Waals surface area (Å²) in [4.78, 5) is 13.9. The maximum atomic E-state index is 12.2. The monoisotopic (exact) mass is 276 g/mol. The Kier molecular flexibility index (Phi) is 5.15. The third kappa shape index (κ3) is 3.81. The van der Waals surface area contributed by atoms with Crippen LogP contribution in [0.3, 0.4) is 0 Å². The fourth-order valence-electron chi connectivity index (χ4n) is 2.56. The molecule has 110 valence electrons. The minimum absolute atomic E-state index is 0.00971. The molecule has 1 aliphatic heterocycles. The summed E-state index contributed by atoms with van der Waals surface area (Å²) in [6.45, 7) is 6.20. The van der Waals surface area contributed by atoms with E-state index in [1.165, 1.54) is 5.56 Å². The van der Waals surface area contributed by atoms with Crippen LogP contribution < -0.4 is 10.2 Å². The molecule has 0 unspecified atom stereocenters. The zero-order valence-corrected chi connectivity index (χ0v) is 12.6. The summed E-state index contributed by atoms with van der Waals surface area (Å²) in [5, 5.41) is 3.29. The van der Waals surface area contributed by atoms with Gasteiger partial charge >= 0.3 is 0 Å². The van der Waals surface area contributed by atoms with Crippen LogP contribution in [0.5, 0.6) is 0 Å². The van der Waals surface area contributed by atoms with Crippen molar-refractivity contribution in [1.82, 2.24) is 5.32 Å². The highest BCUT2D eigenvalue weighted by atomic mass is 16.5. The molecule has 0 saturated carbocycles. The van der Waals surface area contributed by atoms with E-state index in [1.54, 1.807) is 4.90 Å². The number of hydrogen-bond acceptors (Lipinski definition) is 3. The summed E-state index contributed by atoms with van der Waals surface area (Å²) in [5.74, 6) is 0.00971. The van der Waals surface area contributed by atoms with Crippen molar-refractivity contribution in [1.29, 1.82) is 0 Å². The molecule has 1 saturated heterocycles. The van der Waals surface area contributed by atoms with Gasteiger partial charge in [-0.3, -0.25) is 4.79 Å². The Hall–Kier alpha value is -1.39. The fourth-order valence-corrected chi connectivity index (χ4v) is 2.56. The Bertz CT molecular complexity index is 468. The highest BCUT2D eigenvalue weighted by Crippen LogP contribution is 2.20. The molecule has 0 aliphatic carbocycles. The maximum Gasteiger partial charge on any atom is 0.252 e. The SMILES string of the molecule is Cc1ccc(N(C)C(=O)COC2CCNCC2)c(C)c1. The Morgan fingerprint density at radius 2 is 2.05 bits per heavy atom. The topological polar surface area (TPSA) is 41.6 Å². The number of amides is 1. The summed E-state index contributed by atoms with van der Waals surface area (Å²) in [6.07, 6.45) is 2.19. The largest absolute Gasteiger partial charge is 0.368 e. The minimum atomic E-state index is 0.00971. The van der Waals surface area contributed by atoms with Gasteiger partial charge in [0.2, 0.25) is 0 Å². The van der Waals surface area contributed by atoms with Crippen molar-refractivity contribution in [2.75, 3.05) is 31.6 Å². The van der Waals surface area contributed by atoms with Crippen LogP contribution in [0.15, 0.2) is 18.2 Å². The molecule has 0 spiro atoms. The molecule has 1 aromatic rings. The van der Waals surface area contributed by atoms with Crippen molar-refractivity contribution in [2.45, 2.75) is 32.8 Å². The second kappa shape index (κ2) is 6.86. The maximum absolute atomic E-state index is 12.2. The van der Waals surface area contributed by atoms with Crippen LogP contribution in [0.25, 0.3) is 0 Å². The first-order valence-corrected chi connectivity index (χ1v) is 7.24. The Morgan fingerprint density at radius 1 is 1.35 bits per heavy atom. The molecule has 1 aliphatic rings. The average Bonchev–Trinajstić information content (AvgIpc) is 2.45. The number of rotatable bonds is 4. The molecule has 0 radical (unpaired) electrons.